The van der Waals surface area contributed by atoms with Crippen molar-refractivity contribution in [1.82, 2.24) is 4.98 Å². The predicted octanol–water partition coefficient (Wildman–Crippen LogP) is 5.53. The van der Waals surface area contributed by atoms with Crippen molar-refractivity contribution >= 4 is 44.7 Å². The van der Waals surface area contributed by atoms with E-state index in [4.69, 9.17) is 10.5 Å². The molecule has 2 aromatic heterocycles. The summed E-state index contributed by atoms with van der Waals surface area (Å²) < 4.78 is 6.53. The van der Waals surface area contributed by atoms with Crippen molar-refractivity contribution in [2.75, 3.05) is 7.11 Å². The number of aromatic amines is 1. The lowest BCUT2D eigenvalue weighted by Gasteiger charge is -2.21. The number of nitrogens with one attached hydrogen (secondary N) is 1. The third-order valence-electron chi connectivity index (χ3n) is 6.50. The molecule has 0 saturated heterocycles. The quantitative estimate of drug-likeness (QED) is 0.438. The Kier molecular flexibility index (Phi) is 5.17. The van der Waals surface area contributed by atoms with Gasteiger partial charge in [0.15, 0.2) is 0 Å². The Bertz CT molecular complexity index is 1300. The van der Waals surface area contributed by atoms with E-state index in [2.05, 4.69) is 36.2 Å². The summed E-state index contributed by atoms with van der Waals surface area (Å²) in [6.45, 7) is 4.10. The average Bonchev–Trinajstić information content (AvgIpc) is 3.38. The van der Waals surface area contributed by atoms with E-state index in [0.717, 1.165) is 56.3 Å². The van der Waals surface area contributed by atoms with Crippen LogP contribution in [-0.4, -0.2) is 18.1 Å². The lowest BCUT2D eigenvalue weighted by molar-refractivity contribution is 0.416. The highest BCUT2D eigenvalue weighted by molar-refractivity contribution is 7.17. The molecule has 1 saturated carbocycles. The van der Waals surface area contributed by atoms with E-state index in [0.29, 0.717) is 0 Å². The molecule has 3 N–H and O–H groups in total. The van der Waals surface area contributed by atoms with Crippen LogP contribution >= 0.6 is 23.7 Å². The summed E-state index contributed by atoms with van der Waals surface area (Å²) in [5.41, 5.74) is 11.6. The molecule has 0 spiro atoms. The first-order valence-electron chi connectivity index (χ1n) is 9.93. The fourth-order valence-electron chi connectivity index (χ4n) is 4.63. The Hall–Kier alpha value is -2.34. The molecule has 156 valence electrons. The number of rotatable bonds is 4. The molecule has 0 bridgehead atoms. The molecule has 4 nitrogen and oxygen atoms in total. The van der Waals surface area contributed by atoms with Crippen molar-refractivity contribution in [3.05, 3.63) is 63.3 Å². The van der Waals surface area contributed by atoms with Gasteiger partial charge in [-0.2, -0.15) is 0 Å². The average molecular weight is 441 g/mol. The molecule has 1 unspecified atom stereocenters. The van der Waals surface area contributed by atoms with Crippen LogP contribution in [0.3, 0.4) is 0 Å². The minimum absolute atomic E-state index is 0. The largest absolute Gasteiger partial charge is 0.496 e. The molecule has 2 heterocycles. The highest BCUT2D eigenvalue weighted by atomic mass is 35.5. The van der Waals surface area contributed by atoms with Gasteiger partial charge in [0.05, 0.1) is 12.6 Å². The van der Waals surface area contributed by atoms with Gasteiger partial charge < -0.3 is 15.5 Å². The molecule has 2 aromatic carbocycles. The van der Waals surface area contributed by atoms with Crippen molar-refractivity contribution < 1.29 is 4.74 Å². The lowest BCUT2D eigenvalue weighted by Crippen LogP contribution is -2.31. The number of halogens is 1. The number of hydrogen-bond acceptors (Lipinski definition) is 4. The van der Waals surface area contributed by atoms with Gasteiger partial charge in [0.1, 0.15) is 10.4 Å². The van der Waals surface area contributed by atoms with Crippen LogP contribution in [0.1, 0.15) is 30.9 Å². The highest BCUT2D eigenvalue weighted by Gasteiger charge is 2.47. The van der Waals surface area contributed by atoms with Crippen molar-refractivity contribution in [2.24, 2.45) is 5.73 Å². The zero-order valence-electron chi connectivity index (χ0n) is 17.2. The number of H-pyrrole nitrogens is 1. The number of methoxy groups -OCH3 is 1. The molecule has 5 rings (SSSR count). The second-order valence-corrected chi connectivity index (χ2v) is 9.08. The number of aryl methyl sites for hydroxylation is 1. The number of pyridine rings is 1. The van der Waals surface area contributed by atoms with E-state index in [1.54, 1.807) is 7.11 Å². The molecule has 0 aliphatic heterocycles. The van der Waals surface area contributed by atoms with E-state index >= 15 is 0 Å². The summed E-state index contributed by atoms with van der Waals surface area (Å²) in [6, 6.07) is 12.9. The lowest BCUT2D eigenvalue weighted by atomic mass is 9.87. The van der Waals surface area contributed by atoms with Crippen LogP contribution in [-0.2, 0) is 5.41 Å². The van der Waals surface area contributed by atoms with Crippen molar-refractivity contribution in [1.29, 1.82) is 0 Å². The van der Waals surface area contributed by atoms with Crippen LogP contribution in [0.15, 0.2) is 46.6 Å². The van der Waals surface area contributed by atoms with E-state index < -0.39 is 0 Å². The first kappa shape index (κ1) is 20.9. The van der Waals surface area contributed by atoms with Crippen molar-refractivity contribution in [3.8, 4) is 16.9 Å². The van der Waals surface area contributed by atoms with Gasteiger partial charge in [0.25, 0.3) is 5.56 Å². The smallest absolute Gasteiger partial charge is 0.266 e. The van der Waals surface area contributed by atoms with E-state index in [9.17, 15) is 4.79 Å². The van der Waals surface area contributed by atoms with Crippen LogP contribution in [0.2, 0.25) is 0 Å². The number of ether oxygens (including phenoxy) is 1. The Morgan fingerprint density at radius 1 is 1.20 bits per heavy atom. The zero-order chi connectivity index (χ0) is 20.3. The predicted molar refractivity (Wildman–Crippen MR) is 128 cm³/mol. The van der Waals surface area contributed by atoms with Gasteiger partial charge in [-0.05, 0) is 60.9 Å². The van der Waals surface area contributed by atoms with E-state index in [-0.39, 0.29) is 29.4 Å². The van der Waals surface area contributed by atoms with Crippen molar-refractivity contribution in [2.45, 2.75) is 38.1 Å². The summed E-state index contributed by atoms with van der Waals surface area (Å²) in [5.74, 6) is 0.815. The SMILES string of the molecule is COc1cc(C)c2[nH]c(=O)c3sccc3c2c1-c1ccc(C2(C(C)N)CC2)cc1.Cl. The third-order valence-corrected chi connectivity index (χ3v) is 7.41. The van der Waals surface area contributed by atoms with Gasteiger partial charge in [-0.15, -0.1) is 23.7 Å². The van der Waals surface area contributed by atoms with Gasteiger partial charge in [0.2, 0.25) is 0 Å². The summed E-state index contributed by atoms with van der Waals surface area (Å²) in [4.78, 5) is 15.6. The number of nitrogens with two attached hydrogens (primary N) is 1. The molecule has 0 amide bonds. The van der Waals surface area contributed by atoms with Crippen LogP contribution in [0.4, 0.5) is 0 Å². The number of aromatic nitrogens is 1. The molecular weight excluding hydrogens is 416 g/mol. The topological polar surface area (TPSA) is 68.1 Å². The van der Waals surface area contributed by atoms with Gasteiger partial charge >= 0.3 is 0 Å². The first-order valence-corrected chi connectivity index (χ1v) is 10.8. The number of thiophene rings is 1. The first-order chi connectivity index (χ1) is 14.0. The molecule has 1 fully saturated rings. The van der Waals surface area contributed by atoms with E-state index in [1.807, 2.05) is 24.4 Å². The van der Waals surface area contributed by atoms with Gasteiger partial charge in [-0.1, -0.05) is 24.3 Å². The number of hydrogen-bond donors (Lipinski definition) is 2. The van der Waals surface area contributed by atoms with Crippen LogP contribution in [0.5, 0.6) is 5.75 Å². The monoisotopic (exact) mass is 440 g/mol. The third kappa shape index (κ3) is 2.96. The Balaban J connectivity index is 0.00000218. The minimum Gasteiger partial charge on any atom is -0.496 e. The second kappa shape index (κ2) is 7.41. The molecule has 1 aliphatic carbocycles. The Labute approximate surface area is 185 Å². The number of fused-ring (bicyclic) bond motifs is 3. The van der Waals surface area contributed by atoms with E-state index in [1.165, 1.54) is 16.9 Å². The normalized spacial score (nSPS) is 15.7. The van der Waals surface area contributed by atoms with Crippen molar-refractivity contribution in [3.63, 3.8) is 0 Å². The molecule has 30 heavy (non-hydrogen) atoms. The minimum atomic E-state index is -0.0373. The summed E-state index contributed by atoms with van der Waals surface area (Å²) in [6.07, 6.45) is 2.30. The molecule has 1 atom stereocenters. The number of benzene rings is 2. The Morgan fingerprint density at radius 2 is 1.90 bits per heavy atom. The fourth-order valence-corrected chi connectivity index (χ4v) is 5.42. The maximum absolute atomic E-state index is 12.5. The maximum atomic E-state index is 12.5. The van der Waals surface area contributed by atoms with Gasteiger partial charge in [-0.3, -0.25) is 4.79 Å². The summed E-state index contributed by atoms with van der Waals surface area (Å²) in [7, 11) is 1.70. The maximum Gasteiger partial charge on any atom is 0.266 e. The summed E-state index contributed by atoms with van der Waals surface area (Å²) in [5, 5.41) is 3.99. The summed E-state index contributed by atoms with van der Waals surface area (Å²) >= 11 is 1.47. The van der Waals surface area contributed by atoms with Crippen LogP contribution < -0.4 is 16.0 Å². The van der Waals surface area contributed by atoms with Crippen LogP contribution in [0, 0.1) is 6.92 Å². The van der Waals surface area contributed by atoms with Crippen LogP contribution in [0.25, 0.3) is 32.1 Å². The molecule has 0 radical (unpaired) electrons. The van der Waals surface area contributed by atoms with Gasteiger partial charge in [0, 0.05) is 27.8 Å². The Morgan fingerprint density at radius 3 is 2.50 bits per heavy atom. The highest BCUT2D eigenvalue weighted by Crippen LogP contribution is 2.51. The fraction of sp³-hybridized carbons (Fsp3) is 0.292. The molecular formula is C24H25ClN2O2S. The van der Waals surface area contributed by atoms with Gasteiger partial charge in [-0.25, -0.2) is 0 Å². The standard InChI is InChI=1S/C24H24N2O2S.ClH/c1-13-12-18(28-3)19(20-17-8-11-29-22(17)23(27)26-21(13)20)15-4-6-16(7-5-15)24(9-10-24)14(2)25;/h4-8,11-12,14H,9-10,25H2,1-3H3,(H,26,27);1H. The molecule has 4 aromatic rings. The second-order valence-electron chi connectivity index (χ2n) is 8.16. The molecule has 1 aliphatic rings. The zero-order valence-corrected chi connectivity index (χ0v) is 18.9. The molecule has 6 heteroatoms.